The van der Waals surface area contributed by atoms with Crippen LogP contribution in [0.1, 0.15) is 33.3 Å². The van der Waals surface area contributed by atoms with Crippen molar-refractivity contribution >= 4 is 28.3 Å². The van der Waals surface area contributed by atoms with E-state index in [0.29, 0.717) is 0 Å². The van der Waals surface area contributed by atoms with Crippen LogP contribution in [0.15, 0.2) is 43.2 Å². The molecule has 2 aromatic heterocycles. The number of aromatic amines is 1. The monoisotopic (exact) mass is 334 g/mol. The molecule has 128 valence electrons. The number of nitrogens with one attached hydrogen (secondary N) is 2. The molecule has 0 unspecified atom stereocenters. The predicted octanol–water partition coefficient (Wildman–Crippen LogP) is 4.64. The predicted molar refractivity (Wildman–Crippen MR) is 102 cm³/mol. The van der Waals surface area contributed by atoms with Crippen molar-refractivity contribution in [2.75, 3.05) is 5.32 Å². The van der Waals surface area contributed by atoms with Gasteiger partial charge in [0.15, 0.2) is 5.65 Å². The van der Waals surface area contributed by atoms with Crippen LogP contribution in [0.2, 0.25) is 0 Å². The van der Waals surface area contributed by atoms with Gasteiger partial charge >= 0.3 is 0 Å². The van der Waals surface area contributed by atoms with Gasteiger partial charge in [0.1, 0.15) is 5.52 Å². The highest BCUT2D eigenvalue weighted by Gasteiger charge is 2.20. The molecule has 5 heteroatoms. The third kappa shape index (κ3) is 3.45. The van der Waals surface area contributed by atoms with Gasteiger partial charge in [0, 0.05) is 29.9 Å². The summed E-state index contributed by atoms with van der Waals surface area (Å²) in [5, 5.41) is 2.79. The van der Waals surface area contributed by atoms with E-state index >= 15 is 0 Å². The van der Waals surface area contributed by atoms with E-state index < -0.39 is 0 Å². The lowest BCUT2D eigenvalue weighted by Crippen LogP contribution is -2.07. The number of hydrogen-bond acceptors (Lipinski definition) is 3. The third-order valence-corrected chi connectivity index (χ3v) is 4.09. The zero-order valence-corrected chi connectivity index (χ0v) is 15.0. The Morgan fingerprint density at radius 3 is 2.72 bits per heavy atom. The molecule has 1 aromatic carbocycles. The van der Waals surface area contributed by atoms with Gasteiger partial charge in [-0.15, -0.1) is 0 Å². The molecular weight excluding hydrogens is 312 g/mol. The second-order valence-electron chi connectivity index (χ2n) is 7.15. The molecule has 0 bridgehead atoms. The number of H-pyrrole nitrogens is 1. The van der Waals surface area contributed by atoms with Gasteiger partial charge in [0.2, 0.25) is 5.91 Å². The topological polar surface area (TPSA) is 70.7 Å². The van der Waals surface area contributed by atoms with Gasteiger partial charge in [-0.2, -0.15) is 0 Å². The van der Waals surface area contributed by atoms with Gasteiger partial charge in [-0.1, -0.05) is 39.5 Å². The van der Waals surface area contributed by atoms with E-state index in [4.69, 9.17) is 4.98 Å². The maximum atomic E-state index is 11.3. The smallest absolute Gasteiger partial charge is 0.221 e. The molecule has 1 amide bonds. The number of benzene rings is 1. The molecule has 0 spiro atoms. The van der Waals surface area contributed by atoms with Crippen LogP contribution in [0.25, 0.3) is 28.0 Å². The average Bonchev–Trinajstić information content (AvgIpc) is 2.95. The Morgan fingerprint density at radius 2 is 2.04 bits per heavy atom. The summed E-state index contributed by atoms with van der Waals surface area (Å²) in [6.45, 7) is 12.1. The molecule has 0 saturated carbocycles. The van der Waals surface area contributed by atoms with Gasteiger partial charge in [0.05, 0.1) is 11.9 Å². The summed E-state index contributed by atoms with van der Waals surface area (Å²) in [5.41, 5.74) is 5.87. The van der Waals surface area contributed by atoms with Gasteiger partial charge in [-0.05, 0) is 23.1 Å². The maximum Gasteiger partial charge on any atom is 0.221 e. The third-order valence-electron chi connectivity index (χ3n) is 4.09. The minimum atomic E-state index is -0.104. The Kier molecular flexibility index (Phi) is 4.17. The van der Waals surface area contributed by atoms with Crippen LogP contribution in [-0.4, -0.2) is 20.9 Å². The number of carbonyl (C=O) groups is 1. The van der Waals surface area contributed by atoms with E-state index in [1.807, 2.05) is 30.5 Å². The first-order valence-corrected chi connectivity index (χ1v) is 8.17. The fourth-order valence-electron chi connectivity index (χ4n) is 2.62. The summed E-state index contributed by atoms with van der Waals surface area (Å²) in [7, 11) is 0. The number of anilines is 1. The van der Waals surface area contributed by atoms with Crippen LogP contribution in [0.5, 0.6) is 0 Å². The van der Waals surface area contributed by atoms with Crippen LogP contribution in [0, 0.1) is 5.41 Å². The van der Waals surface area contributed by atoms with Gasteiger partial charge in [0.25, 0.3) is 0 Å². The Bertz CT molecular complexity index is 963. The molecule has 25 heavy (non-hydrogen) atoms. The minimum absolute atomic E-state index is 0.0574. The number of aromatic nitrogens is 3. The molecule has 0 aliphatic carbocycles. The molecule has 3 rings (SSSR count). The minimum Gasteiger partial charge on any atom is -0.344 e. The molecule has 0 aliphatic rings. The van der Waals surface area contributed by atoms with Crippen molar-refractivity contribution < 1.29 is 4.79 Å². The molecule has 2 N–H and O–H groups in total. The SMILES string of the molecule is C=C(c1c[nH]c2ncc(-c3cccc(NC(C)=O)c3)nc12)C(C)(C)C. The molecule has 0 saturated heterocycles. The van der Waals surface area contributed by atoms with Crippen LogP contribution >= 0.6 is 0 Å². The first-order chi connectivity index (χ1) is 11.8. The van der Waals surface area contributed by atoms with Gasteiger partial charge in [-0.25, -0.2) is 9.97 Å². The number of fused-ring (bicyclic) bond motifs is 1. The lowest BCUT2D eigenvalue weighted by Gasteiger charge is -2.21. The summed E-state index contributed by atoms with van der Waals surface area (Å²) < 4.78 is 0. The van der Waals surface area contributed by atoms with E-state index in [1.165, 1.54) is 6.92 Å². The highest BCUT2D eigenvalue weighted by Crippen LogP contribution is 2.35. The zero-order valence-electron chi connectivity index (χ0n) is 15.0. The quantitative estimate of drug-likeness (QED) is 0.733. The van der Waals surface area contributed by atoms with E-state index in [-0.39, 0.29) is 11.3 Å². The largest absolute Gasteiger partial charge is 0.344 e. The number of allylic oxidation sites excluding steroid dienone is 1. The second-order valence-corrected chi connectivity index (χ2v) is 7.15. The van der Waals surface area contributed by atoms with Gasteiger partial charge < -0.3 is 10.3 Å². The van der Waals surface area contributed by atoms with Crippen molar-refractivity contribution in [1.82, 2.24) is 15.0 Å². The van der Waals surface area contributed by atoms with Crippen molar-refractivity contribution in [3.05, 3.63) is 48.8 Å². The van der Waals surface area contributed by atoms with Crippen molar-refractivity contribution in [1.29, 1.82) is 0 Å². The second kappa shape index (κ2) is 6.16. The number of carbonyl (C=O) groups excluding carboxylic acids is 1. The molecular formula is C20H22N4O. The van der Waals surface area contributed by atoms with Crippen molar-refractivity contribution in [3.8, 4) is 11.3 Å². The summed E-state index contributed by atoms with van der Waals surface area (Å²) >= 11 is 0. The number of rotatable bonds is 3. The molecule has 0 fully saturated rings. The number of hydrogen-bond donors (Lipinski definition) is 2. The molecule has 0 atom stereocenters. The molecule has 5 nitrogen and oxygen atoms in total. The lowest BCUT2D eigenvalue weighted by molar-refractivity contribution is -0.114. The summed E-state index contributed by atoms with van der Waals surface area (Å²) in [6.07, 6.45) is 3.64. The van der Waals surface area contributed by atoms with Crippen molar-refractivity contribution in [2.24, 2.45) is 5.41 Å². The number of amides is 1. The molecule has 3 aromatic rings. The summed E-state index contributed by atoms with van der Waals surface area (Å²) in [5.74, 6) is -0.104. The van der Waals surface area contributed by atoms with E-state index in [1.54, 1.807) is 6.20 Å². The Labute approximate surface area is 147 Å². The molecule has 0 radical (unpaired) electrons. The zero-order chi connectivity index (χ0) is 18.2. The normalized spacial score (nSPS) is 11.5. The lowest BCUT2D eigenvalue weighted by atomic mass is 9.84. The fraction of sp³-hybridized carbons (Fsp3) is 0.250. The molecule has 0 aliphatic heterocycles. The average molecular weight is 334 g/mol. The Hall–Kier alpha value is -2.95. The van der Waals surface area contributed by atoms with Crippen LogP contribution in [0.3, 0.4) is 0 Å². The van der Waals surface area contributed by atoms with Crippen molar-refractivity contribution in [3.63, 3.8) is 0 Å². The van der Waals surface area contributed by atoms with Crippen LogP contribution < -0.4 is 5.32 Å². The van der Waals surface area contributed by atoms with E-state index in [0.717, 1.165) is 39.2 Å². The van der Waals surface area contributed by atoms with Crippen LogP contribution in [0.4, 0.5) is 5.69 Å². The summed E-state index contributed by atoms with van der Waals surface area (Å²) in [6, 6.07) is 7.58. The Morgan fingerprint density at radius 1 is 1.28 bits per heavy atom. The Balaban J connectivity index is 2.07. The van der Waals surface area contributed by atoms with E-state index in [2.05, 4.69) is 42.6 Å². The highest BCUT2D eigenvalue weighted by atomic mass is 16.1. The maximum absolute atomic E-state index is 11.3. The van der Waals surface area contributed by atoms with E-state index in [9.17, 15) is 4.79 Å². The highest BCUT2D eigenvalue weighted by molar-refractivity contribution is 5.91. The molecule has 2 heterocycles. The van der Waals surface area contributed by atoms with Crippen molar-refractivity contribution in [2.45, 2.75) is 27.7 Å². The van der Waals surface area contributed by atoms with Crippen LogP contribution in [-0.2, 0) is 4.79 Å². The first-order valence-electron chi connectivity index (χ1n) is 8.17. The van der Waals surface area contributed by atoms with Gasteiger partial charge in [-0.3, -0.25) is 4.79 Å². The first kappa shape index (κ1) is 16.9. The standard InChI is InChI=1S/C20H22N4O/c1-12(20(3,4)5)16-10-21-19-18(16)24-17(11-22-19)14-7-6-8-15(9-14)23-13(2)25/h6-11H,1H2,2-5H3,(H,21,22)(H,23,25). The number of nitrogens with zero attached hydrogens (tertiary/aromatic N) is 2. The fourth-order valence-corrected chi connectivity index (χ4v) is 2.62. The summed E-state index contributed by atoms with van der Waals surface area (Å²) in [4.78, 5) is 23.7.